The standard InChI is InChI=1S/C28H36N2O4S/c1-2-3-4-5-6-7-8-9-10-11-12-13-14-15-16-17-18-23-28(31)30-35(32,33)24-26-25-21-19-20-22-27(25)34-29-26/h3-4,6-7,9-10,12-13,15-16,19-22H,2,5,8,11,14,17-18,23-24H2,1H3,(H,30,31)/b4-3-,7-6-,10-9-,13-12-,16-15-. The van der Waals surface area contributed by atoms with E-state index in [1.165, 1.54) is 0 Å². The van der Waals surface area contributed by atoms with Crippen LogP contribution in [0.1, 0.15) is 64.0 Å². The quantitative estimate of drug-likeness (QED) is 0.206. The van der Waals surface area contributed by atoms with E-state index in [9.17, 15) is 13.2 Å². The van der Waals surface area contributed by atoms with Gasteiger partial charge in [-0.05, 0) is 57.1 Å². The smallest absolute Gasteiger partial charge is 0.240 e. The third kappa shape index (κ3) is 12.2. The fraction of sp³-hybridized carbons (Fsp3) is 0.357. The Morgan fingerprint density at radius 3 is 2.09 bits per heavy atom. The average Bonchev–Trinajstić information content (AvgIpc) is 3.23. The van der Waals surface area contributed by atoms with Gasteiger partial charge in [0.15, 0.2) is 5.58 Å². The first-order valence-electron chi connectivity index (χ1n) is 12.1. The summed E-state index contributed by atoms with van der Waals surface area (Å²) >= 11 is 0. The highest BCUT2D eigenvalue weighted by Crippen LogP contribution is 2.19. The second kappa shape index (κ2) is 16.4. The van der Waals surface area contributed by atoms with E-state index in [2.05, 4.69) is 71.5 Å². The number of nitrogens with one attached hydrogen (secondary N) is 1. The predicted octanol–water partition coefficient (Wildman–Crippen LogP) is 6.70. The molecule has 6 nitrogen and oxygen atoms in total. The summed E-state index contributed by atoms with van der Waals surface area (Å²) in [5, 5.41) is 4.44. The molecule has 1 N–H and O–H groups in total. The molecule has 2 aromatic rings. The number of nitrogens with zero attached hydrogens (tertiary/aromatic N) is 1. The molecule has 0 saturated heterocycles. The molecule has 0 aliphatic heterocycles. The molecular formula is C28H36N2O4S. The van der Waals surface area contributed by atoms with E-state index in [1.54, 1.807) is 24.3 Å². The number of carbonyl (C=O) groups is 1. The molecule has 0 aliphatic carbocycles. The SMILES string of the molecule is CC/C=C\C/C=C\C/C=C\C/C=C\C/C=C\CCCC(=O)NS(=O)(=O)Cc1noc2ccccc12. The van der Waals surface area contributed by atoms with Gasteiger partial charge in [-0.15, -0.1) is 0 Å². The first-order chi connectivity index (χ1) is 17.0. The molecule has 1 heterocycles. The van der Waals surface area contributed by atoms with Gasteiger partial charge in [0.25, 0.3) is 0 Å². The largest absolute Gasteiger partial charge is 0.356 e. The minimum atomic E-state index is -3.83. The minimum Gasteiger partial charge on any atom is -0.356 e. The number of carbonyl (C=O) groups excluding carboxylic acids is 1. The zero-order valence-electron chi connectivity index (χ0n) is 20.4. The van der Waals surface area contributed by atoms with Crippen molar-refractivity contribution in [2.24, 2.45) is 0 Å². The molecule has 0 fully saturated rings. The molecule has 2 rings (SSSR count). The summed E-state index contributed by atoms with van der Waals surface area (Å²) in [5.41, 5.74) is 0.806. The van der Waals surface area contributed by atoms with Crippen LogP contribution in [0.3, 0.4) is 0 Å². The normalized spacial score (nSPS) is 12.9. The van der Waals surface area contributed by atoms with Crippen molar-refractivity contribution in [3.05, 3.63) is 90.7 Å². The third-order valence-electron chi connectivity index (χ3n) is 4.98. The van der Waals surface area contributed by atoms with Gasteiger partial charge >= 0.3 is 0 Å². The highest BCUT2D eigenvalue weighted by Gasteiger charge is 2.19. The molecule has 0 saturated carbocycles. The summed E-state index contributed by atoms with van der Waals surface area (Å²) in [5.74, 6) is -0.907. The van der Waals surface area contributed by atoms with Gasteiger partial charge in [0, 0.05) is 11.8 Å². The second-order valence-corrected chi connectivity index (χ2v) is 9.73. The van der Waals surface area contributed by atoms with E-state index >= 15 is 0 Å². The molecule has 0 unspecified atom stereocenters. The number of sulfonamides is 1. The van der Waals surface area contributed by atoms with Crippen molar-refractivity contribution in [1.82, 2.24) is 9.88 Å². The first-order valence-corrected chi connectivity index (χ1v) is 13.8. The molecule has 35 heavy (non-hydrogen) atoms. The van der Waals surface area contributed by atoms with E-state index < -0.39 is 21.7 Å². The van der Waals surface area contributed by atoms with Crippen LogP contribution in [0.15, 0.2) is 89.5 Å². The number of allylic oxidation sites excluding steroid dienone is 10. The lowest BCUT2D eigenvalue weighted by molar-refractivity contribution is -0.119. The zero-order valence-corrected chi connectivity index (χ0v) is 21.3. The number of aromatic nitrogens is 1. The highest BCUT2D eigenvalue weighted by atomic mass is 32.2. The molecule has 1 aromatic heterocycles. The Morgan fingerprint density at radius 2 is 1.46 bits per heavy atom. The highest BCUT2D eigenvalue weighted by molar-refractivity contribution is 7.89. The van der Waals surface area contributed by atoms with Crippen molar-refractivity contribution in [3.8, 4) is 0 Å². The van der Waals surface area contributed by atoms with Gasteiger partial charge < -0.3 is 4.52 Å². The van der Waals surface area contributed by atoms with E-state index in [0.717, 1.165) is 38.5 Å². The van der Waals surface area contributed by atoms with Gasteiger partial charge in [-0.3, -0.25) is 9.52 Å². The number of benzene rings is 1. The Labute approximate surface area is 209 Å². The number of hydrogen-bond acceptors (Lipinski definition) is 5. The summed E-state index contributed by atoms with van der Waals surface area (Å²) in [6.07, 6.45) is 27.6. The van der Waals surface area contributed by atoms with Crippen LogP contribution in [0.2, 0.25) is 0 Å². The van der Waals surface area contributed by atoms with Crippen LogP contribution < -0.4 is 4.72 Å². The second-order valence-electron chi connectivity index (χ2n) is 8.01. The number of para-hydroxylation sites is 1. The summed E-state index contributed by atoms with van der Waals surface area (Å²) < 4.78 is 31.8. The van der Waals surface area contributed by atoms with Gasteiger partial charge in [-0.2, -0.15) is 0 Å². The lowest BCUT2D eigenvalue weighted by atomic mass is 10.2. The molecule has 1 amide bonds. The number of fused-ring (bicyclic) bond motifs is 1. The predicted molar refractivity (Wildman–Crippen MR) is 143 cm³/mol. The number of unbranched alkanes of at least 4 members (excludes halogenated alkanes) is 1. The summed E-state index contributed by atoms with van der Waals surface area (Å²) in [6, 6.07) is 7.02. The molecule has 0 spiro atoms. The van der Waals surface area contributed by atoms with E-state index in [-0.39, 0.29) is 6.42 Å². The molecule has 1 aromatic carbocycles. The Hall–Kier alpha value is -3.19. The Kier molecular flexibility index (Phi) is 13.2. The lowest BCUT2D eigenvalue weighted by Crippen LogP contribution is -2.31. The molecule has 188 valence electrons. The van der Waals surface area contributed by atoms with E-state index in [1.807, 2.05) is 6.08 Å². The maximum atomic E-state index is 12.3. The number of amides is 1. The average molecular weight is 497 g/mol. The van der Waals surface area contributed by atoms with Crippen LogP contribution in [0.5, 0.6) is 0 Å². The molecule has 7 heteroatoms. The van der Waals surface area contributed by atoms with Crippen LogP contribution in [0.25, 0.3) is 11.0 Å². The van der Waals surface area contributed by atoms with E-state index in [0.29, 0.717) is 23.1 Å². The molecule has 0 bridgehead atoms. The van der Waals surface area contributed by atoms with Crippen LogP contribution in [0.4, 0.5) is 0 Å². The molecule has 0 radical (unpaired) electrons. The third-order valence-corrected chi connectivity index (χ3v) is 6.17. The van der Waals surface area contributed by atoms with E-state index in [4.69, 9.17) is 4.52 Å². The number of rotatable bonds is 16. The summed E-state index contributed by atoms with van der Waals surface area (Å²) in [4.78, 5) is 12.0. The van der Waals surface area contributed by atoms with Gasteiger partial charge in [0.2, 0.25) is 15.9 Å². The molecular weight excluding hydrogens is 460 g/mol. The fourth-order valence-corrected chi connectivity index (χ4v) is 4.32. The number of hydrogen-bond donors (Lipinski definition) is 1. The van der Waals surface area contributed by atoms with Gasteiger partial charge in [0.1, 0.15) is 11.4 Å². The van der Waals surface area contributed by atoms with Gasteiger partial charge in [0.05, 0.1) is 0 Å². The lowest BCUT2D eigenvalue weighted by Gasteiger charge is -2.05. The summed E-state index contributed by atoms with van der Waals surface area (Å²) in [6.45, 7) is 2.13. The fourth-order valence-electron chi connectivity index (χ4n) is 3.23. The topological polar surface area (TPSA) is 89.3 Å². The minimum absolute atomic E-state index is 0.146. The monoisotopic (exact) mass is 496 g/mol. The maximum Gasteiger partial charge on any atom is 0.240 e. The van der Waals surface area contributed by atoms with Crippen molar-refractivity contribution in [2.75, 3.05) is 0 Å². The van der Waals surface area contributed by atoms with Crippen molar-refractivity contribution in [2.45, 2.75) is 64.0 Å². The van der Waals surface area contributed by atoms with Crippen molar-refractivity contribution >= 4 is 26.9 Å². The van der Waals surface area contributed by atoms with Crippen molar-refractivity contribution < 1.29 is 17.7 Å². The van der Waals surface area contributed by atoms with Gasteiger partial charge in [-0.1, -0.05) is 85.0 Å². The molecule has 0 aliphatic rings. The maximum absolute atomic E-state index is 12.3. The van der Waals surface area contributed by atoms with Crippen LogP contribution >= 0.6 is 0 Å². The summed E-state index contributed by atoms with van der Waals surface area (Å²) in [7, 11) is -3.83. The first kappa shape index (κ1) is 28.1. The van der Waals surface area contributed by atoms with Crippen LogP contribution in [0, 0.1) is 0 Å². The van der Waals surface area contributed by atoms with Crippen molar-refractivity contribution in [1.29, 1.82) is 0 Å². The van der Waals surface area contributed by atoms with Crippen LogP contribution in [-0.4, -0.2) is 19.5 Å². The Balaban J connectivity index is 1.55. The zero-order chi connectivity index (χ0) is 25.2. The van der Waals surface area contributed by atoms with Crippen molar-refractivity contribution in [3.63, 3.8) is 0 Å². The molecule has 0 atom stereocenters. The Morgan fingerprint density at radius 1 is 0.886 bits per heavy atom. The van der Waals surface area contributed by atoms with Gasteiger partial charge in [-0.25, -0.2) is 8.42 Å². The van der Waals surface area contributed by atoms with Crippen LogP contribution in [-0.2, 0) is 20.6 Å². The Bertz CT molecular complexity index is 1150.